The first kappa shape index (κ1) is 10.3. The van der Waals surface area contributed by atoms with Crippen molar-refractivity contribution in [2.24, 2.45) is 7.05 Å². The Labute approximate surface area is 80.9 Å². The van der Waals surface area contributed by atoms with Crippen LogP contribution >= 0.6 is 0 Å². The Balaban J connectivity index is 3.34. The average molecular weight is 197 g/mol. The minimum absolute atomic E-state index is 0.222. The zero-order chi connectivity index (χ0) is 10.7. The summed E-state index contributed by atoms with van der Waals surface area (Å²) in [7, 11) is 4.21. The number of carbonyl (C=O) groups is 1. The third-order valence-electron chi connectivity index (χ3n) is 1.82. The van der Waals surface area contributed by atoms with Crippen LogP contribution in [0.25, 0.3) is 0 Å². The van der Waals surface area contributed by atoms with Crippen LogP contribution in [0.1, 0.15) is 10.4 Å². The smallest absolute Gasteiger partial charge is 0.343 e. The Morgan fingerprint density at radius 1 is 1.43 bits per heavy atom. The molecule has 0 aliphatic rings. The zero-order valence-corrected chi connectivity index (χ0v) is 8.23. The zero-order valence-electron chi connectivity index (χ0n) is 8.23. The van der Waals surface area contributed by atoms with E-state index in [0.29, 0.717) is 0 Å². The largest absolute Gasteiger partial charge is 0.496 e. The van der Waals surface area contributed by atoms with E-state index >= 15 is 0 Å². The maximum atomic E-state index is 11.2. The monoisotopic (exact) mass is 197 g/mol. The van der Waals surface area contributed by atoms with E-state index in [4.69, 9.17) is 4.74 Å². The van der Waals surface area contributed by atoms with Crippen molar-refractivity contribution >= 4 is 5.97 Å². The average Bonchev–Trinajstić information content (AvgIpc) is 2.20. The van der Waals surface area contributed by atoms with Gasteiger partial charge in [-0.2, -0.15) is 0 Å². The summed E-state index contributed by atoms with van der Waals surface area (Å²) in [6, 6.07) is 1.24. The predicted molar refractivity (Wildman–Crippen MR) is 49.6 cm³/mol. The molecular weight excluding hydrogens is 186 g/mol. The summed E-state index contributed by atoms with van der Waals surface area (Å²) >= 11 is 0. The molecule has 1 aromatic rings. The minimum Gasteiger partial charge on any atom is -0.496 e. The van der Waals surface area contributed by atoms with Gasteiger partial charge >= 0.3 is 5.97 Å². The first-order chi connectivity index (χ1) is 6.60. The number of pyridine rings is 1. The Hall–Kier alpha value is -1.78. The van der Waals surface area contributed by atoms with Crippen molar-refractivity contribution in [2.45, 2.75) is 0 Å². The van der Waals surface area contributed by atoms with Crippen LogP contribution < -0.4 is 10.3 Å². The lowest BCUT2D eigenvalue weighted by Crippen LogP contribution is -2.18. The first-order valence-electron chi connectivity index (χ1n) is 3.93. The molecule has 0 aromatic carbocycles. The van der Waals surface area contributed by atoms with Crippen LogP contribution in [0.4, 0.5) is 0 Å². The molecule has 0 aliphatic carbocycles. The molecule has 0 saturated heterocycles. The molecular formula is C9H11NO4. The number of aryl methyl sites for hydroxylation is 1. The summed E-state index contributed by atoms with van der Waals surface area (Å²) in [6.07, 6.45) is 1.38. The van der Waals surface area contributed by atoms with Gasteiger partial charge in [-0.05, 0) is 0 Å². The second-order valence-electron chi connectivity index (χ2n) is 2.70. The summed E-state index contributed by atoms with van der Waals surface area (Å²) in [5, 5.41) is 0. The number of esters is 1. The molecule has 0 bridgehead atoms. The van der Waals surface area contributed by atoms with Gasteiger partial charge < -0.3 is 14.0 Å². The van der Waals surface area contributed by atoms with Gasteiger partial charge in [0.2, 0.25) is 0 Å². The van der Waals surface area contributed by atoms with E-state index in [-0.39, 0.29) is 16.9 Å². The molecule has 0 amide bonds. The molecule has 0 atom stereocenters. The number of rotatable bonds is 2. The van der Waals surface area contributed by atoms with Crippen molar-refractivity contribution in [1.29, 1.82) is 0 Å². The summed E-state index contributed by atoms with van der Waals surface area (Å²) in [5.41, 5.74) is -0.00777. The lowest BCUT2D eigenvalue weighted by molar-refractivity contribution is 0.0596. The number of ether oxygens (including phenoxy) is 2. The minimum atomic E-state index is -0.530. The molecule has 0 fully saturated rings. The number of aromatic nitrogens is 1. The molecule has 14 heavy (non-hydrogen) atoms. The molecule has 0 aliphatic heterocycles. The van der Waals surface area contributed by atoms with E-state index in [9.17, 15) is 9.59 Å². The summed E-state index contributed by atoms with van der Waals surface area (Å²) in [4.78, 5) is 22.4. The van der Waals surface area contributed by atoms with Crippen molar-refractivity contribution in [3.05, 3.63) is 28.2 Å². The Kier molecular flexibility index (Phi) is 2.91. The molecule has 0 radical (unpaired) electrons. The Bertz CT molecular complexity index is 408. The Morgan fingerprint density at radius 2 is 2.07 bits per heavy atom. The molecule has 76 valence electrons. The second kappa shape index (κ2) is 3.95. The number of carbonyl (C=O) groups excluding carboxylic acids is 1. The predicted octanol–water partition coefficient (Wildman–Crippen LogP) is 0.181. The summed E-state index contributed by atoms with van der Waals surface area (Å²) < 4.78 is 10.7. The summed E-state index contributed by atoms with van der Waals surface area (Å²) in [5.74, 6) is -0.308. The van der Waals surface area contributed by atoms with Gasteiger partial charge in [0.1, 0.15) is 11.3 Å². The molecule has 1 heterocycles. The van der Waals surface area contributed by atoms with Gasteiger partial charge in [-0.25, -0.2) is 4.79 Å². The van der Waals surface area contributed by atoms with Crippen molar-refractivity contribution < 1.29 is 14.3 Å². The first-order valence-corrected chi connectivity index (χ1v) is 3.93. The van der Waals surface area contributed by atoms with E-state index in [0.717, 1.165) is 0 Å². The van der Waals surface area contributed by atoms with Gasteiger partial charge in [0.25, 0.3) is 5.56 Å². The molecule has 5 nitrogen and oxygen atoms in total. The molecule has 0 spiro atoms. The highest BCUT2D eigenvalue weighted by Crippen LogP contribution is 2.15. The number of methoxy groups -OCH3 is 2. The van der Waals surface area contributed by atoms with Crippen LogP contribution in [0.2, 0.25) is 0 Å². The number of hydrogen-bond donors (Lipinski definition) is 0. The van der Waals surface area contributed by atoms with E-state index in [1.807, 2.05) is 0 Å². The van der Waals surface area contributed by atoms with Gasteiger partial charge in [-0.1, -0.05) is 0 Å². The molecule has 1 rings (SSSR count). The van der Waals surface area contributed by atoms with Crippen molar-refractivity contribution in [3.63, 3.8) is 0 Å². The Morgan fingerprint density at radius 3 is 2.57 bits per heavy atom. The second-order valence-corrected chi connectivity index (χ2v) is 2.70. The maximum Gasteiger partial charge on any atom is 0.343 e. The summed E-state index contributed by atoms with van der Waals surface area (Å²) in [6.45, 7) is 0. The van der Waals surface area contributed by atoms with Gasteiger partial charge in [0, 0.05) is 19.3 Å². The molecule has 0 saturated carbocycles. The lowest BCUT2D eigenvalue weighted by atomic mass is 10.2. The van der Waals surface area contributed by atoms with E-state index in [2.05, 4.69) is 4.74 Å². The van der Waals surface area contributed by atoms with Crippen LogP contribution in [0, 0.1) is 0 Å². The van der Waals surface area contributed by atoms with Gasteiger partial charge in [-0.15, -0.1) is 0 Å². The normalized spacial score (nSPS) is 9.64. The molecule has 0 unspecified atom stereocenters. The van der Waals surface area contributed by atoms with E-state index in [1.54, 1.807) is 7.05 Å². The van der Waals surface area contributed by atoms with Crippen molar-refractivity contribution in [1.82, 2.24) is 4.57 Å². The standard InChI is InChI=1S/C9H11NO4/c1-10-5-6(9(12)14-3)7(13-2)4-8(10)11/h4-5H,1-3H3. The van der Waals surface area contributed by atoms with Crippen LogP contribution in [0.15, 0.2) is 17.1 Å². The molecule has 1 aromatic heterocycles. The fraction of sp³-hybridized carbons (Fsp3) is 0.333. The quantitative estimate of drug-likeness (QED) is 0.634. The third-order valence-corrected chi connectivity index (χ3v) is 1.82. The van der Waals surface area contributed by atoms with Crippen LogP contribution in [-0.4, -0.2) is 24.8 Å². The van der Waals surface area contributed by atoms with Crippen molar-refractivity contribution in [2.75, 3.05) is 14.2 Å². The number of nitrogens with zero attached hydrogens (tertiary/aromatic N) is 1. The van der Waals surface area contributed by atoms with E-state index < -0.39 is 5.97 Å². The lowest BCUT2D eigenvalue weighted by Gasteiger charge is -2.07. The fourth-order valence-electron chi connectivity index (χ4n) is 1.04. The van der Waals surface area contributed by atoms with Crippen LogP contribution in [-0.2, 0) is 11.8 Å². The maximum absolute atomic E-state index is 11.2. The number of hydrogen-bond acceptors (Lipinski definition) is 4. The topological polar surface area (TPSA) is 57.5 Å². The van der Waals surface area contributed by atoms with Crippen LogP contribution in [0.5, 0.6) is 5.75 Å². The van der Waals surface area contributed by atoms with E-state index in [1.165, 1.54) is 31.0 Å². The van der Waals surface area contributed by atoms with Gasteiger partial charge in [0.05, 0.1) is 14.2 Å². The van der Waals surface area contributed by atoms with Gasteiger partial charge in [0.15, 0.2) is 0 Å². The van der Waals surface area contributed by atoms with Gasteiger partial charge in [-0.3, -0.25) is 4.79 Å². The highest BCUT2D eigenvalue weighted by atomic mass is 16.5. The molecule has 5 heteroatoms. The third kappa shape index (κ3) is 1.76. The highest BCUT2D eigenvalue weighted by molar-refractivity contribution is 5.92. The highest BCUT2D eigenvalue weighted by Gasteiger charge is 2.13. The molecule has 0 N–H and O–H groups in total. The SMILES string of the molecule is COC(=O)c1cn(C)c(=O)cc1OC. The fourth-order valence-corrected chi connectivity index (χ4v) is 1.04. The van der Waals surface area contributed by atoms with Crippen molar-refractivity contribution in [3.8, 4) is 5.75 Å². The van der Waals surface area contributed by atoms with Crippen LogP contribution in [0.3, 0.4) is 0 Å².